The molecule has 0 radical (unpaired) electrons. The molecule has 3 aromatic heterocycles. The van der Waals surface area contributed by atoms with E-state index in [0.717, 1.165) is 84.7 Å². The highest BCUT2D eigenvalue weighted by Crippen LogP contribution is 2.39. The monoisotopic (exact) mass is 523 g/mol. The number of hydrogen-bond acceptors (Lipinski definition) is 7. The van der Waals surface area contributed by atoms with Crippen molar-refractivity contribution in [2.24, 2.45) is 11.8 Å². The number of sulfone groups is 1. The van der Waals surface area contributed by atoms with Crippen LogP contribution in [-0.2, 0) is 16.3 Å². The predicted molar refractivity (Wildman–Crippen MR) is 147 cm³/mol. The molecule has 36 heavy (non-hydrogen) atoms. The smallest absolute Gasteiger partial charge is 0.162 e. The maximum atomic E-state index is 12.0. The van der Waals surface area contributed by atoms with Crippen molar-refractivity contribution < 1.29 is 8.42 Å². The van der Waals surface area contributed by atoms with Gasteiger partial charge in [-0.15, -0.1) is 11.3 Å². The molecule has 1 aliphatic carbocycles. The van der Waals surface area contributed by atoms with Crippen molar-refractivity contribution in [2.75, 3.05) is 24.2 Å². The van der Waals surface area contributed by atoms with Gasteiger partial charge in [-0.3, -0.25) is 5.10 Å². The van der Waals surface area contributed by atoms with Crippen LogP contribution in [0.1, 0.15) is 50.3 Å². The molecule has 1 saturated carbocycles. The highest BCUT2D eigenvalue weighted by molar-refractivity contribution is 7.91. The van der Waals surface area contributed by atoms with Crippen molar-refractivity contribution in [1.82, 2.24) is 20.2 Å². The number of H-pyrrole nitrogens is 1. The average molecular weight is 524 g/mol. The zero-order valence-electron chi connectivity index (χ0n) is 20.9. The van der Waals surface area contributed by atoms with Crippen LogP contribution in [-0.4, -0.2) is 53.2 Å². The van der Waals surface area contributed by atoms with Crippen molar-refractivity contribution in [1.29, 1.82) is 0 Å². The largest absolute Gasteiger partial charge is 0.355 e. The molecule has 4 heterocycles. The minimum absolute atomic E-state index is 0.164. The fourth-order valence-corrected chi connectivity index (χ4v) is 8.19. The van der Waals surface area contributed by atoms with Crippen molar-refractivity contribution in [3.63, 3.8) is 0 Å². The Hall–Kier alpha value is -2.52. The number of fused-ring (bicyclic) bond motifs is 2. The topological polar surface area (TPSA) is 91.8 Å². The second-order valence-corrected chi connectivity index (χ2v) is 14.2. The van der Waals surface area contributed by atoms with Crippen LogP contribution in [0.4, 0.5) is 5.82 Å². The Bertz CT molecular complexity index is 1490. The molecule has 190 valence electrons. The van der Waals surface area contributed by atoms with Crippen LogP contribution in [0.25, 0.3) is 32.5 Å². The van der Waals surface area contributed by atoms with Crippen molar-refractivity contribution in [2.45, 2.75) is 57.1 Å². The first-order valence-corrected chi connectivity index (χ1v) is 15.8. The summed E-state index contributed by atoms with van der Waals surface area (Å²) in [5, 5.41) is 8.17. The first-order valence-electron chi connectivity index (χ1n) is 13.0. The van der Waals surface area contributed by atoms with Gasteiger partial charge in [0.25, 0.3) is 0 Å². The molecule has 1 aromatic carbocycles. The Morgan fingerprint density at radius 2 is 1.86 bits per heavy atom. The Morgan fingerprint density at radius 3 is 2.61 bits per heavy atom. The highest BCUT2D eigenvalue weighted by Gasteiger charge is 2.29. The summed E-state index contributed by atoms with van der Waals surface area (Å²) in [6, 6.07) is 8.38. The van der Waals surface area contributed by atoms with Crippen LogP contribution in [0.3, 0.4) is 0 Å². The normalized spacial score (nSPS) is 22.0. The quantitative estimate of drug-likeness (QED) is 0.365. The molecule has 0 atom stereocenters. The van der Waals surface area contributed by atoms with E-state index >= 15 is 0 Å². The molecular formula is C27H33N5O2S2. The number of aromatic nitrogens is 4. The molecule has 4 aromatic rings. The van der Waals surface area contributed by atoms with Gasteiger partial charge in [0.05, 0.1) is 27.2 Å². The standard InChI is InChI=1S/C27H33N5O2S2/c1-17-10-12-32(13-11-17)27-25-24(29-26(30-27)21-4-3-5-23-22(21)16-28-31-23)15-19(35-25)14-18-6-8-20(9-7-18)36(2,33)34/h3-5,15-18,20H,6-14H2,1-2H3,(H,28,31). The van der Waals surface area contributed by atoms with E-state index in [0.29, 0.717) is 5.92 Å². The van der Waals surface area contributed by atoms with Crippen molar-refractivity contribution >= 4 is 48.1 Å². The van der Waals surface area contributed by atoms with Crippen molar-refractivity contribution in [3.05, 3.63) is 35.3 Å². The Labute approximate surface area is 216 Å². The van der Waals surface area contributed by atoms with Gasteiger partial charge in [0.2, 0.25) is 0 Å². The van der Waals surface area contributed by atoms with Gasteiger partial charge in [-0.2, -0.15) is 5.10 Å². The molecule has 6 rings (SSSR count). The molecule has 1 N–H and O–H groups in total. The van der Waals surface area contributed by atoms with E-state index in [2.05, 4.69) is 34.2 Å². The number of anilines is 1. The van der Waals surface area contributed by atoms with Gasteiger partial charge in [0.1, 0.15) is 9.84 Å². The zero-order valence-corrected chi connectivity index (χ0v) is 22.5. The minimum atomic E-state index is -2.94. The Kier molecular flexibility index (Phi) is 6.24. The molecule has 1 saturated heterocycles. The molecule has 9 heteroatoms. The van der Waals surface area contributed by atoms with E-state index in [-0.39, 0.29) is 5.25 Å². The van der Waals surface area contributed by atoms with E-state index in [4.69, 9.17) is 9.97 Å². The zero-order chi connectivity index (χ0) is 24.9. The molecule has 2 aliphatic rings. The lowest BCUT2D eigenvalue weighted by molar-refractivity contribution is 0.357. The molecule has 7 nitrogen and oxygen atoms in total. The number of rotatable bonds is 5. The highest BCUT2D eigenvalue weighted by atomic mass is 32.2. The van der Waals surface area contributed by atoms with Gasteiger partial charge < -0.3 is 4.90 Å². The lowest BCUT2D eigenvalue weighted by Crippen LogP contribution is -2.33. The molecule has 0 unspecified atom stereocenters. The van der Waals surface area contributed by atoms with Gasteiger partial charge >= 0.3 is 0 Å². The van der Waals surface area contributed by atoms with E-state index in [1.165, 1.54) is 28.7 Å². The summed E-state index contributed by atoms with van der Waals surface area (Å²) in [6.45, 7) is 4.37. The first-order chi connectivity index (χ1) is 17.3. The van der Waals surface area contributed by atoms with E-state index in [9.17, 15) is 8.42 Å². The molecule has 0 bridgehead atoms. The third kappa shape index (κ3) is 4.63. The average Bonchev–Trinajstić information content (AvgIpc) is 3.50. The van der Waals surface area contributed by atoms with Crippen LogP contribution in [0.5, 0.6) is 0 Å². The number of nitrogens with zero attached hydrogens (tertiary/aromatic N) is 4. The summed E-state index contributed by atoms with van der Waals surface area (Å²) in [6.07, 6.45) is 10.1. The number of nitrogens with one attached hydrogen (secondary N) is 1. The Morgan fingerprint density at radius 1 is 1.08 bits per heavy atom. The predicted octanol–water partition coefficient (Wildman–Crippen LogP) is 5.62. The van der Waals surface area contributed by atoms with Gasteiger partial charge in [0.15, 0.2) is 11.6 Å². The number of hydrogen-bond donors (Lipinski definition) is 1. The maximum absolute atomic E-state index is 12.0. The minimum Gasteiger partial charge on any atom is -0.355 e. The second kappa shape index (κ2) is 9.41. The van der Waals surface area contributed by atoms with Gasteiger partial charge in [0, 0.05) is 35.2 Å². The molecule has 1 aliphatic heterocycles. The maximum Gasteiger partial charge on any atom is 0.162 e. The van der Waals surface area contributed by atoms with Gasteiger partial charge in [-0.1, -0.05) is 19.1 Å². The summed E-state index contributed by atoms with van der Waals surface area (Å²) in [7, 11) is -2.94. The van der Waals surface area contributed by atoms with Crippen LogP contribution in [0, 0.1) is 11.8 Å². The molecule has 2 fully saturated rings. The van der Waals surface area contributed by atoms with E-state index in [1.54, 1.807) is 0 Å². The van der Waals surface area contributed by atoms with Gasteiger partial charge in [-0.05, 0) is 68.9 Å². The summed E-state index contributed by atoms with van der Waals surface area (Å²) >= 11 is 1.82. The summed E-state index contributed by atoms with van der Waals surface area (Å²) in [5.41, 5.74) is 3.00. The van der Waals surface area contributed by atoms with Crippen LogP contribution < -0.4 is 4.90 Å². The third-order valence-corrected chi connectivity index (χ3v) is 10.9. The van der Waals surface area contributed by atoms with Crippen LogP contribution in [0.2, 0.25) is 0 Å². The fraction of sp³-hybridized carbons (Fsp3) is 0.519. The first kappa shape index (κ1) is 23.9. The van der Waals surface area contributed by atoms with Crippen LogP contribution >= 0.6 is 11.3 Å². The summed E-state index contributed by atoms with van der Waals surface area (Å²) in [4.78, 5) is 14.0. The summed E-state index contributed by atoms with van der Waals surface area (Å²) < 4.78 is 25.1. The van der Waals surface area contributed by atoms with E-state index < -0.39 is 9.84 Å². The fourth-order valence-electron chi connectivity index (χ4n) is 5.83. The third-order valence-electron chi connectivity index (χ3n) is 8.10. The second-order valence-electron chi connectivity index (χ2n) is 10.8. The summed E-state index contributed by atoms with van der Waals surface area (Å²) in [5.74, 6) is 3.08. The lowest BCUT2D eigenvalue weighted by Gasteiger charge is -2.31. The lowest BCUT2D eigenvalue weighted by atomic mass is 9.86. The molecular weight excluding hydrogens is 490 g/mol. The number of aromatic amines is 1. The molecule has 0 amide bonds. The van der Waals surface area contributed by atoms with Crippen molar-refractivity contribution in [3.8, 4) is 11.4 Å². The molecule has 0 spiro atoms. The SMILES string of the molecule is CC1CCN(c2nc(-c3cccc4[nH]ncc34)nc3cc(CC4CCC(S(C)(=O)=O)CC4)sc23)CC1. The van der Waals surface area contributed by atoms with Crippen LogP contribution in [0.15, 0.2) is 30.5 Å². The van der Waals surface area contributed by atoms with Gasteiger partial charge in [-0.25, -0.2) is 18.4 Å². The number of piperidine rings is 1. The number of benzene rings is 1. The Balaban J connectivity index is 1.35. The van der Waals surface area contributed by atoms with E-state index in [1.807, 2.05) is 29.7 Å². The number of thiophene rings is 1.